The maximum absolute atomic E-state index is 10.1. The van der Waals surface area contributed by atoms with Gasteiger partial charge in [-0.3, -0.25) is 0 Å². The van der Waals surface area contributed by atoms with Gasteiger partial charge in [0.2, 0.25) is 0 Å². The average Bonchev–Trinajstić information content (AvgIpc) is 2.49. The standard InChI is InChI=1S/C8H16N2O2/c9-3-7(1-2-12-6-7)8(11)4-10-5-8/h10-11H,1-6,9H2. The van der Waals surface area contributed by atoms with Gasteiger partial charge in [-0.15, -0.1) is 0 Å². The molecule has 0 saturated carbocycles. The first kappa shape index (κ1) is 8.44. The van der Waals surface area contributed by atoms with Crippen molar-refractivity contribution in [2.24, 2.45) is 11.1 Å². The van der Waals surface area contributed by atoms with Crippen LogP contribution in [0.5, 0.6) is 0 Å². The van der Waals surface area contributed by atoms with Crippen LogP contribution in [-0.2, 0) is 4.74 Å². The van der Waals surface area contributed by atoms with E-state index >= 15 is 0 Å². The van der Waals surface area contributed by atoms with Gasteiger partial charge in [-0.2, -0.15) is 0 Å². The number of β-amino-alcohol motifs (C(OH)–C–C–N with tert-alkyl or cyclic N) is 1. The van der Waals surface area contributed by atoms with Crippen LogP contribution in [0.3, 0.4) is 0 Å². The van der Waals surface area contributed by atoms with Gasteiger partial charge < -0.3 is 20.9 Å². The number of rotatable bonds is 2. The van der Waals surface area contributed by atoms with Crippen LogP contribution in [-0.4, -0.2) is 43.6 Å². The number of aliphatic hydroxyl groups is 1. The van der Waals surface area contributed by atoms with Crippen LogP contribution in [0.25, 0.3) is 0 Å². The molecule has 4 nitrogen and oxygen atoms in total. The molecule has 0 aliphatic carbocycles. The lowest BCUT2D eigenvalue weighted by Gasteiger charge is -2.49. The van der Waals surface area contributed by atoms with Crippen molar-refractivity contribution in [1.29, 1.82) is 0 Å². The summed E-state index contributed by atoms with van der Waals surface area (Å²) in [6.07, 6.45) is 0.891. The van der Waals surface area contributed by atoms with E-state index in [1.54, 1.807) is 0 Å². The lowest BCUT2D eigenvalue weighted by molar-refractivity contribution is -0.117. The number of nitrogens with one attached hydrogen (secondary N) is 1. The van der Waals surface area contributed by atoms with E-state index in [0.717, 1.165) is 13.0 Å². The highest BCUT2D eigenvalue weighted by Gasteiger charge is 2.55. The molecule has 2 saturated heterocycles. The van der Waals surface area contributed by atoms with Crippen LogP contribution in [0, 0.1) is 5.41 Å². The van der Waals surface area contributed by atoms with Crippen LogP contribution < -0.4 is 11.1 Å². The largest absolute Gasteiger partial charge is 0.387 e. The Bertz CT molecular complexity index is 174. The van der Waals surface area contributed by atoms with Crippen molar-refractivity contribution in [2.75, 3.05) is 32.8 Å². The topological polar surface area (TPSA) is 67.5 Å². The summed E-state index contributed by atoms with van der Waals surface area (Å²) in [6.45, 7) is 3.19. The molecule has 4 N–H and O–H groups in total. The molecule has 2 aliphatic heterocycles. The Labute approximate surface area is 72.1 Å². The molecule has 0 radical (unpaired) electrons. The second kappa shape index (κ2) is 2.67. The molecule has 0 aromatic heterocycles. The monoisotopic (exact) mass is 172 g/mol. The van der Waals surface area contributed by atoms with Gasteiger partial charge in [0.25, 0.3) is 0 Å². The summed E-state index contributed by atoms with van der Waals surface area (Å²) >= 11 is 0. The predicted molar refractivity (Wildman–Crippen MR) is 44.7 cm³/mol. The summed E-state index contributed by atoms with van der Waals surface area (Å²) in [5.74, 6) is 0. The van der Waals surface area contributed by atoms with Gasteiger partial charge in [-0.1, -0.05) is 0 Å². The van der Waals surface area contributed by atoms with Crippen molar-refractivity contribution in [3.8, 4) is 0 Å². The highest BCUT2D eigenvalue weighted by atomic mass is 16.5. The molecule has 0 amide bonds. The average molecular weight is 172 g/mol. The third-order valence-corrected chi connectivity index (χ3v) is 3.32. The lowest BCUT2D eigenvalue weighted by Crippen LogP contribution is -2.70. The molecule has 70 valence electrons. The quantitative estimate of drug-likeness (QED) is 0.483. The first-order valence-corrected chi connectivity index (χ1v) is 4.43. The lowest BCUT2D eigenvalue weighted by atomic mass is 9.68. The fraction of sp³-hybridized carbons (Fsp3) is 1.00. The second-order valence-corrected chi connectivity index (χ2v) is 3.92. The summed E-state index contributed by atoms with van der Waals surface area (Å²) in [5, 5.41) is 13.2. The van der Waals surface area contributed by atoms with Gasteiger partial charge in [-0.25, -0.2) is 0 Å². The van der Waals surface area contributed by atoms with E-state index in [2.05, 4.69) is 5.32 Å². The maximum Gasteiger partial charge on any atom is 0.0985 e. The first-order chi connectivity index (χ1) is 5.72. The highest BCUT2D eigenvalue weighted by molar-refractivity contribution is 5.09. The van der Waals surface area contributed by atoms with Gasteiger partial charge in [0.15, 0.2) is 0 Å². The fourth-order valence-electron chi connectivity index (χ4n) is 2.06. The number of hydrogen-bond acceptors (Lipinski definition) is 4. The van der Waals surface area contributed by atoms with Crippen molar-refractivity contribution < 1.29 is 9.84 Å². The minimum Gasteiger partial charge on any atom is -0.387 e. The normalized spacial score (nSPS) is 39.5. The highest BCUT2D eigenvalue weighted by Crippen LogP contribution is 2.40. The molecule has 2 heterocycles. The summed E-state index contributed by atoms with van der Waals surface area (Å²) in [7, 11) is 0. The summed E-state index contributed by atoms with van der Waals surface area (Å²) in [5.41, 5.74) is 4.90. The minimum atomic E-state index is -0.613. The third kappa shape index (κ3) is 0.925. The van der Waals surface area contributed by atoms with Crippen LogP contribution in [0.4, 0.5) is 0 Å². The number of hydrogen-bond donors (Lipinski definition) is 3. The molecule has 2 fully saturated rings. The molecular formula is C8H16N2O2. The Hall–Kier alpha value is -0.160. The Morgan fingerprint density at radius 1 is 1.50 bits per heavy atom. The molecule has 4 heteroatoms. The molecule has 0 spiro atoms. The van der Waals surface area contributed by atoms with Crippen LogP contribution in [0.15, 0.2) is 0 Å². The SMILES string of the molecule is NCC1(C2(O)CNC2)CCOC1. The van der Waals surface area contributed by atoms with Crippen LogP contribution in [0.1, 0.15) is 6.42 Å². The van der Waals surface area contributed by atoms with E-state index in [-0.39, 0.29) is 5.41 Å². The van der Waals surface area contributed by atoms with E-state index in [0.29, 0.717) is 26.2 Å². The van der Waals surface area contributed by atoms with Crippen molar-refractivity contribution >= 4 is 0 Å². The van der Waals surface area contributed by atoms with Crippen molar-refractivity contribution in [3.63, 3.8) is 0 Å². The predicted octanol–water partition coefficient (Wildman–Crippen LogP) is -1.31. The Morgan fingerprint density at radius 2 is 2.25 bits per heavy atom. The number of nitrogens with two attached hydrogens (primary N) is 1. The van der Waals surface area contributed by atoms with E-state index < -0.39 is 5.60 Å². The third-order valence-electron chi connectivity index (χ3n) is 3.32. The van der Waals surface area contributed by atoms with E-state index in [1.807, 2.05) is 0 Å². The first-order valence-electron chi connectivity index (χ1n) is 4.43. The van der Waals surface area contributed by atoms with Crippen LogP contribution in [0.2, 0.25) is 0 Å². The van der Waals surface area contributed by atoms with Gasteiger partial charge in [0.1, 0.15) is 0 Å². The minimum absolute atomic E-state index is 0.182. The van der Waals surface area contributed by atoms with Crippen LogP contribution >= 0.6 is 0 Å². The molecule has 2 rings (SSSR count). The second-order valence-electron chi connectivity index (χ2n) is 3.92. The Kier molecular flexibility index (Phi) is 1.88. The number of ether oxygens (including phenoxy) is 1. The van der Waals surface area contributed by atoms with Gasteiger partial charge in [0.05, 0.1) is 12.2 Å². The van der Waals surface area contributed by atoms with Crippen molar-refractivity contribution in [1.82, 2.24) is 5.32 Å². The van der Waals surface area contributed by atoms with Gasteiger partial charge >= 0.3 is 0 Å². The molecular weight excluding hydrogens is 156 g/mol. The molecule has 0 bridgehead atoms. The fourth-order valence-corrected chi connectivity index (χ4v) is 2.06. The summed E-state index contributed by atoms with van der Waals surface area (Å²) in [4.78, 5) is 0. The molecule has 12 heavy (non-hydrogen) atoms. The zero-order valence-corrected chi connectivity index (χ0v) is 7.18. The van der Waals surface area contributed by atoms with Gasteiger partial charge in [-0.05, 0) is 6.42 Å². The molecule has 0 aromatic carbocycles. The zero-order chi connectivity index (χ0) is 8.66. The maximum atomic E-state index is 10.1. The van der Waals surface area contributed by atoms with Crippen molar-refractivity contribution in [3.05, 3.63) is 0 Å². The molecule has 2 aliphatic rings. The summed E-state index contributed by atoms with van der Waals surface area (Å²) in [6, 6.07) is 0. The van der Waals surface area contributed by atoms with E-state index in [4.69, 9.17) is 10.5 Å². The van der Waals surface area contributed by atoms with E-state index in [9.17, 15) is 5.11 Å². The van der Waals surface area contributed by atoms with Crippen molar-refractivity contribution in [2.45, 2.75) is 12.0 Å². The Morgan fingerprint density at radius 3 is 2.58 bits per heavy atom. The molecule has 1 atom stereocenters. The molecule has 0 aromatic rings. The zero-order valence-electron chi connectivity index (χ0n) is 7.18. The van der Waals surface area contributed by atoms with E-state index in [1.165, 1.54) is 0 Å². The Balaban J connectivity index is 2.15. The smallest absolute Gasteiger partial charge is 0.0985 e. The summed E-state index contributed by atoms with van der Waals surface area (Å²) < 4.78 is 5.31. The molecule has 1 unspecified atom stereocenters. The van der Waals surface area contributed by atoms with Gasteiger partial charge in [0, 0.05) is 31.7 Å².